The number of amides is 1. The maximum Gasteiger partial charge on any atom is 0.251 e. The number of aromatic amines is 1. The van der Waals surface area contributed by atoms with E-state index in [9.17, 15) is 9.18 Å². The van der Waals surface area contributed by atoms with E-state index in [-0.39, 0.29) is 18.5 Å². The normalized spacial score (nSPS) is 12.0. The molecule has 0 radical (unpaired) electrons. The highest BCUT2D eigenvalue weighted by molar-refractivity contribution is 5.96. The standard InChI is InChI=1S/C23H21FN4O2/c1-30-18-7-3-5-16(11-18)21(13-25)26-23(29)17-6-2-4-14(10-17)15-8-9-20-19(12-15)22(24)28-27-20/h2-12,21H,13,25H2,1H3,(H,26,29)(H,27,28). The van der Waals surface area contributed by atoms with Gasteiger partial charge in [0.2, 0.25) is 5.95 Å². The van der Waals surface area contributed by atoms with Crippen LogP contribution in [0, 0.1) is 5.95 Å². The van der Waals surface area contributed by atoms with E-state index in [1.54, 1.807) is 37.4 Å². The number of H-pyrrole nitrogens is 1. The van der Waals surface area contributed by atoms with Crippen LogP contribution < -0.4 is 15.8 Å². The largest absolute Gasteiger partial charge is 0.497 e. The van der Waals surface area contributed by atoms with Crippen molar-refractivity contribution < 1.29 is 13.9 Å². The molecule has 1 unspecified atom stereocenters. The predicted octanol–water partition coefficient (Wildman–Crippen LogP) is 3.81. The number of halogens is 1. The van der Waals surface area contributed by atoms with Crippen molar-refractivity contribution in [3.8, 4) is 16.9 Å². The number of hydrogen-bond acceptors (Lipinski definition) is 4. The summed E-state index contributed by atoms with van der Waals surface area (Å²) in [6.07, 6.45) is 0. The van der Waals surface area contributed by atoms with Crippen LogP contribution in [0.1, 0.15) is 22.0 Å². The zero-order valence-electron chi connectivity index (χ0n) is 16.4. The molecule has 6 nitrogen and oxygen atoms in total. The molecule has 4 rings (SSSR count). The lowest BCUT2D eigenvalue weighted by atomic mass is 10.0. The summed E-state index contributed by atoms with van der Waals surface area (Å²) >= 11 is 0. The molecule has 1 amide bonds. The van der Waals surface area contributed by atoms with Crippen LogP contribution in [0.4, 0.5) is 4.39 Å². The van der Waals surface area contributed by atoms with Gasteiger partial charge in [0.1, 0.15) is 5.75 Å². The summed E-state index contributed by atoms with van der Waals surface area (Å²) in [5.74, 6) is -0.0976. The summed E-state index contributed by atoms with van der Waals surface area (Å²) in [5, 5.41) is 9.60. The minimum Gasteiger partial charge on any atom is -0.497 e. The zero-order valence-corrected chi connectivity index (χ0v) is 16.4. The number of ether oxygens (including phenoxy) is 1. The number of nitrogens with zero attached hydrogens (tertiary/aromatic N) is 1. The highest BCUT2D eigenvalue weighted by atomic mass is 19.1. The third kappa shape index (κ3) is 3.88. The van der Waals surface area contributed by atoms with Crippen LogP contribution in [0.3, 0.4) is 0 Å². The van der Waals surface area contributed by atoms with Gasteiger partial charge < -0.3 is 15.8 Å². The highest BCUT2D eigenvalue weighted by Crippen LogP contribution is 2.26. The smallest absolute Gasteiger partial charge is 0.251 e. The number of methoxy groups -OCH3 is 1. The molecule has 0 saturated carbocycles. The lowest BCUT2D eigenvalue weighted by molar-refractivity contribution is 0.0938. The van der Waals surface area contributed by atoms with E-state index < -0.39 is 5.95 Å². The van der Waals surface area contributed by atoms with Crippen molar-refractivity contribution >= 4 is 16.8 Å². The molecule has 0 saturated heterocycles. The van der Waals surface area contributed by atoms with Gasteiger partial charge in [-0.15, -0.1) is 5.10 Å². The number of aromatic nitrogens is 2. The van der Waals surface area contributed by atoms with E-state index in [1.165, 1.54) is 0 Å². The third-order valence-corrected chi connectivity index (χ3v) is 5.01. The average Bonchev–Trinajstić information content (AvgIpc) is 3.17. The Kier molecular flexibility index (Phi) is 5.45. The van der Waals surface area contributed by atoms with Crippen LogP contribution >= 0.6 is 0 Å². The second kappa shape index (κ2) is 8.34. The SMILES string of the molecule is COc1cccc(C(CN)NC(=O)c2cccc(-c3ccc4[nH]nc(F)c4c3)c2)c1. The van der Waals surface area contributed by atoms with Gasteiger partial charge in [-0.25, -0.2) is 0 Å². The first-order chi connectivity index (χ1) is 14.6. The van der Waals surface area contributed by atoms with Crippen LogP contribution in [0.2, 0.25) is 0 Å². The van der Waals surface area contributed by atoms with Gasteiger partial charge in [0.05, 0.1) is 24.1 Å². The Morgan fingerprint density at radius 2 is 1.93 bits per heavy atom. The van der Waals surface area contributed by atoms with Crippen molar-refractivity contribution in [1.82, 2.24) is 15.5 Å². The molecule has 0 bridgehead atoms. The van der Waals surface area contributed by atoms with Gasteiger partial charge in [0.15, 0.2) is 0 Å². The van der Waals surface area contributed by atoms with Crippen LogP contribution in [0.15, 0.2) is 66.7 Å². The molecule has 1 heterocycles. The number of nitrogens with one attached hydrogen (secondary N) is 2. The molecule has 7 heteroatoms. The molecule has 1 aromatic heterocycles. The van der Waals surface area contributed by atoms with E-state index in [4.69, 9.17) is 10.5 Å². The lowest BCUT2D eigenvalue weighted by Crippen LogP contribution is -2.33. The van der Waals surface area contributed by atoms with Gasteiger partial charge in [-0.1, -0.05) is 30.3 Å². The maximum atomic E-state index is 13.8. The number of rotatable bonds is 6. The lowest BCUT2D eigenvalue weighted by Gasteiger charge is -2.18. The first-order valence-electron chi connectivity index (χ1n) is 9.48. The molecule has 30 heavy (non-hydrogen) atoms. The summed E-state index contributed by atoms with van der Waals surface area (Å²) in [6, 6.07) is 19.6. The zero-order chi connectivity index (χ0) is 21.1. The van der Waals surface area contributed by atoms with Gasteiger partial charge in [0.25, 0.3) is 5.91 Å². The van der Waals surface area contributed by atoms with E-state index >= 15 is 0 Å². The van der Waals surface area contributed by atoms with Crippen molar-refractivity contribution in [1.29, 1.82) is 0 Å². The molecule has 152 valence electrons. The Morgan fingerprint density at radius 1 is 1.13 bits per heavy atom. The topological polar surface area (TPSA) is 93.0 Å². The van der Waals surface area contributed by atoms with Gasteiger partial charge in [0, 0.05) is 12.1 Å². The predicted molar refractivity (Wildman–Crippen MR) is 114 cm³/mol. The minimum absolute atomic E-state index is 0.245. The van der Waals surface area contributed by atoms with Crippen LogP contribution in [-0.2, 0) is 0 Å². The molecule has 0 aliphatic rings. The van der Waals surface area contributed by atoms with E-state index in [0.29, 0.717) is 22.2 Å². The van der Waals surface area contributed by atoms with Crippen LogP contribution in [0.5, 0.6) is 5.75 Å². The van der Waals surface area contributed by atoms with Crippen LogP contribution in [-0.4, -0.2) is 29.8 Å². The van der Waals surface area contributed by atoms with Crippen molar-refractivity contribution in [2.75, 3.05) is 13.7 Å². The first kappa shape index (κ1) is 19.6. The Hall–Kier alpha value is -3.71. The second-order valence-corrected chi connectivity index (χ2v) is 6.89. The fraction of sp³-hybridized carbons (Fsp3) is 0.130. The second-order valence-electron chi connectivity index (χ2n) is 6.89. The summed E-state index contributed by atoms with van der Waals surface area (Å²) < 4.78 is 19.1. The molecular weight excluding hydrogens is 383 g/mol. The number of hydrogen-bond donors (Lipinski definition) is 3. The van der Waals surface area contributed by atoms with Gasteiger partial charge in [-0.05, 0) is 53.1 Å². The molecule has 4 aromatic rings. The number of benzene rings is 3. The van der Waals surface area contributed by atoms with E-state index in [2.05, 4.69) is 15.5 Å². The van der Waals surface area contributed by atoms with Gasteiger partial charge in [-0.3, -0.25) is 9.89 Å². The summed E-state index contributed by atoms with van der Waals surface area (Å²) in [4.78, 5) is 12.9. The van der Waals surface area contributed by atoms with Crippen LogP contribution in [0.25, 0.3) is 22.0 Å². The molecule has 4 N–H and O–H groups in total. The summed E-state index contributed by atoms with van der Waals surface area (Å²) in [5.41, 5.74) is 9.46. The maximum absolute atomic E-state index is 13.8. The number of fused-ring (bicyclic) bond motifs is 1. The van der Waals surface area contributed by atoms with Gasteiger partial charge in [-0.2, -0.15) is 4.39 Å². The summed E-state index contributed by atoms with van der Waals surface area (Å²) in [6.45, 7) is 0.245. The van der Waals surface area contributed by atoms with E-state index in [1.807, 2.05) is 36.4 Å². The molecule has 1 atom stereocenters. The Balaban J connectivity index is 1.59. The Morgan fingerprint density at radius 3 is 2.73 bits per heavy atom. The fourth-order valence-electron chi connectivity index (χ4n) is 3.38. The number of carbonyl (C=O) groups excluding carboxylic acids is 1. The molecule has 0 aliphatic carbocycles. The highest BCUT2D eigenvalue weighted by Gasteiger charge is 2.16. The quantitative estimate of drug-likeness (QED) is 0.456. The van der Waals surface area contributed by atoms with Crippen molar-refractivity contribution in [2.24, 2.45) is 5.73 Å². The number of carbonyl (C=O) groups is 1. The molecule has 0 fully saturated rings. The average molecular weight is 404 g/mol. The van der Waals surface area contributed by atoms with Gasteiger partial charge >= 0.3 is 0 Å². The van der Waals surface area contributed by atoms with Crippen molar-refractivity contribution in [3.63, 3.8) is 0 Å². The molecular formula is C23H21FN4O2. The minimum atomic E-state index is -0.551. The monoisotopic (exact) mass is 404 g/mol. The third-order valence-electron chi connectivity index (χ3n) is 5.01. The first-order valence-corrected chi connectivity index (χ1v) is 9.48. The van der Waals surface area contributed by atoms with E-state index in [0.717, 1.165) is 16.7 Å². The Bertz CT molecular complexity index is 1200. The molecule has 3 aromatic carbocycles. The van der Waals surface area contributed by atoms with Crippen molar-refractivity contribution in [2.45, 2.75) is 6.04 Å². The summed E-state index contributed by atoms with van der Waals surface area (Å²) in [7, 11) is 1.59. The fourth-order valence-corrected chi connectivity index (χ4v) is 3.38. The molecule has 0 aliphatic heterocycles. The Labute approximate surface area is 172 Å². The van der Waals surface area contributed by atoms with Crippen molar-refractivity contribution in [3.05, 3.63) is 83.8 Å². The molecule has 0 spiro atoms. The number of nitrogens with two attached hydrogens (primary N) is 1.